The first-order chi connectivity index (χ1) is 5.66. The van der Waals surface area contributed by atoms with E-state index in [1.165, 1.54) is 0 Å². The summed E-state index contributed by atoms with van der Waals surface area (Å²) in [6.45, 7) is 6.53. The van der Waals surface area contributed by atoms with Gasteiger partial charge >= 0.3 is 0 Å². The van der Waals surface area contributed by atoms with Crippen LogP contribution < -0.4 is 0 Å². The minimum atomic E-state index is 0.389. The number of rotatable bonds is 1. The van der Waals surface area contributed by atoms with Crippen molar-refractivity contribution < 1.29 is 0 Å². The molecule has 0 saturated carbocycles. The first-order valence-electron chi connectivity index (χ1n) is 4.45. The maximum atomic E-state index is 8.81. The van der Waals surface area contributed by atoms with Crippen molar-refractivity contribution in [2.75, 3.05) is 0 Å². The summed E-state index contributed by atoms with van der Waals surface area (Å²) in [4.78, 5) is 0. The third kappa shape index (κ3) is 1.58. The molecule has 0 saturated heterocycles. The first kappa shape index (κ1) is 9.06. The molecule has 2 atom stereocenters. The van der Waals surface area contributed by atoms with Crippen LogP contribution in [0.2, 0.25) is 0 Å². The molecule has 0 bridgehead atoms. The van der Waals surface area contributed by atoms with Gasteiger partial charge in [0.15, 0.2) is 0 Å². The second-order valence-corrected chi connectivity index (χ2v) is 3.73. The Bertz CT molecular complexity index is 253. The lowest BCUT2D eigenvalue weighted by atomic mass is 9.78. The van der Waals surface area contributed by atoms with Gasteiger partial charge in [0.25, 0.3) is 0 Å². The first-order valence-corrected chi connectivity index (χ1v) is 4.45. The Hall–Kier alpha value is -1.03. The fraction of sp³-hybridized carbons (Fsp3) is 0.545. The summed E-state index contributed by atoms with van der Waals surface area (Å²) in [6.07, 6.45) is 6.13. The fourth-order valence-corrected chi connectivity index (χ4v) is 1.75. The monoisotopic (exact) mass is 161 g/mol. The molecule has 0 N–H and O–H groups in total. The van der Waals surface area contributed by atoms with Crippen molar-refractivity contribution in [3.05, 3.63) is 23.8 Å². The number of allylic oxidation sites excluding steroid dienone is 4. The molecule has 0 aromatic heterocycles. The van der Waals surface area contributed by atoms with Gasteiger partial charge in [-0.1, -0.05) is 32.9 Å². The zero-order valence-electron chi connectivity index (χ0n) is 7.91. The van der Waals surface area contributed by atoms with Crippen LogP contribution in [-0.2, 0) is 0 Å². The second-order valence-electron chi connectivity index (χ2n) is 3.73. The summed E-state index contributed by atoms with van der Waals surface area (Å²) in [7, 11) is 0. The predicted molar refractivity (Wildman–Crippen MR) is 50.3 cm³/mol. The standard InChI is InChI=1S/C11H15N/c1-8(2)11-6-4-5-10(7-12)9(11)3/h4-6,8-9,11H,1-3H3. The Morgan fingerprint density at radius 2 is 2.17 bits per heavy atom. The van der Waals surface area contributed by atoms with E-state index in [0.29, 0.717) is 17.8 Å². The topological polar surface area (TPSA) is 23.8 Å². The summed E-state index contributed by atoms with van der Waals surface area (Å²) in [5, 5.41) is 8.81. The molecule has 0 aliphatic heterocycles. The van der Waals surface area contributed by atoms with Crippen LogP contribution in [0.25, 0.3) is 0 Å². The Labute approximate surface area is 74.4 Å². The molecule has 0 aromatic carbocycles. The zero-order chi connectivity index (χ0) is 9.14. The predicted octanol–water partition coefficient (Wildman–Crippen LogP) is 2.91. The van der Waals surface area contributed by atoms with Crippen LogP contribution in [0.15, 0.2) is 23.8 Å². The minimum Gasteiger partial charge on any atom is -0.193 e. The molecule has 1 heteroatoms. The van der Waals surface area contributed by atoms with E-state index >= 15 is 0 Å². The van der Waals surface area contributed by atoms with Gasteiger partial charge in [0.1, 0.15) is 0 Å². The van der Waals surface area contributed by atoms with Gasteiger partial charge in [-0.2, -0.15) is 5.26 Å². The van der Waals surface area contributed by atoms with Crippen molar-refractivity contribution in [2.45, 2.75) is 20.8 Å². The minimum absolute atomic E-state index is 0.389. The number of hydrogen-bond donors (Lipinski definition) is 0. The summed E-state index contributed by atoms with van der Waals surface area (Å²) in [5.74, 6) is 1.54. The SMILES string of the molecule is CC(C)C1C=CC=C(C#N)C1C. The van der Waals surface area contributed by atoms with E-state index in [-0.39, 0.29) is 0 Å². The lowest BCUT2D eigenvalue weighted by Gasteiger charge is -2.26. The van der Waals surface area contributed by atoms with Gasteiger partial charge in [-0.3, -0.25) is 0 Å². The van der Waals surface area contributed by atoms with Crippen LogP contribution in [0, 0.1) is 29.1 Å². The molecular formula is C11H15N. The average Bonchev–Trinajstić information content (AvgIpc) is 2.04. The Morgan fingerprint density at radius 1 is 1.50 bits per heavy atom. The van der Waals surface area contributed by atoms with Gasteiger partial charge in [-0.05, 0) is 23.8 Å². The maximum absolute atomic E-state index is 8.81. The average molecular weight is 161 g/mol. The highest BCUT2D eigenvalue weighted by Gasteiger charge is 2.23. The van der Waals surface area contributed by atoms with Crippen LogP contribution >= 0.6 is 0 Å². The summed E-state index contributed by atoms with van der Waals surface area (Å²) in [5.41, 5.74) is 0.913. The van der Waals surface area contributed by atoms with Crippen LogP contribution in [-0.4, -0.2) is 0 Å². The molecule has 2 unspecified atom stereocenters. The summed E-state index contributed by atoms with van der Waals surface area (Å²) < 4.78 is 0. The summed E-state index contributed by atoms with van der Waals surface area (Å²) >= 11 is 0. The second kappa shape index (κ2) is 3.58. The number of nitriles is 1. The zero-order valence-corrected chi connectivity index (χ0v) is 7.91. The molecule has 1 rings (SSSR count). The van der Waals surface area contributed by atoms with Crippen molar-refractivity contribution in [3.63, 3.8) is 0 Å². The van der Waals surface area contributed by atoms with Gasteiger partial charge in [-0.15, -0.1) is 0 Å². The van der Waals surface area contributed by atoms with Crippen molar-refractivity contribution in [2.24, 2.45) is 17.8 Å². The third-order valence-electron chi connectivity index (χ3n) is 2.58. The van der Waals surface area contributed by atoms with Crippen molar-refractivity contribution in [1.82, 2.24) is 0 Å². The largest absolute Gasteiger partial charge is 0.193 e. The molecule has 0 fully saturated rings. The molecule has 0 radical (unpaired) electrons. The van der Waals surface area contributed by atoms with Gasteiger partial charge in [0.05, 0.1) is 6.07 Å². The molecule has 0 heterocycles. The van der Waals surface area contributed by atoms with Gasteiger partial charge in [0.2, 0.25) is 0 Å². The van der Waals surface area contributed by atoms with E-state index < -0.39 is 0 Å². The quantitative estimate of drug-likeness (QED) is 0.580. The van der Waals surface area contributed by atoms with Crippen LogP contribution in [0.3, 0.4) is 0 Å². The molecule has 12 heavy (non-hydrogen) atoms. The van der Waals surface area contributed by atoms with E-state index in [1.54, 1.807) is 0 Å². The number of nitrogens with zero attached hydrogens (tertiary/aromatic N) is 1. The maximum Gasteiger partial charge on any atom is 0.0950 e. The van der Waals surface area contributed by atoms with Crippen molar-refractivity contribution in [3.8, 4) is 6.07 Å². The van der Waals surface area contributed by atoms with E-state index in [9.17, 15) is 0 Å². The highest BCUT2D eigenvalue weighted by Crippen LogP contribution is 2.30. The van der Waals surface area contributed by atoms with Crippen LogP contribution in [0.1, 0.15) is 20.8 Å². The molecule has 0 amide bonds. The van der Waals surface area contributed by atoms with E-state index in [1.807, 2.05) is 12.2 Å². The van der Waals surface area contributed by atoms with Crippen molar-refractivity contribution in [1.29, 1.82) is 5.26 Å². The molecule has 1 nitrogen and oxygen atoms in total. The van der Waals surface area contributed by atoms with E-state index in [2.05, 4.69) is 32.9 Å². The molecule has 0 aromatic rings. The van der Waals surface area contributed by atoms with Crippen molar-refractivity contribution >= 4 is 0 Å². The molecule has 1 aliphatic rings. The highest BCUT2D eigenvalue weighted by atomic mass is 14.3. The lowest BCUT2D eigenvalue weighted by Crippen LogP contribution is -2.18. The molecule has 64 valence electrons. The Kier molecular flexibility index (Phi) is 2.70. The van der Waals surface area contributed by atoms with E-state index in [0.717, 1.165) is 5.57 Å². The Morgan fingerprint density at radius 3 is 2.67 bits per heavy atom. The molecular weight excluding hydrogens is 146 g/mol. The third-order valence-corrected chi connectivity index (χ3v) is 2.58. The Balaban J connectivity index is 2.82. The van der Waals surface area contributed by atoms with Gasteiger partial charge in [-0.25, -0.2) is 0 Å². The van der Waals surface area contributed by atoms with Gasteiger partial charge in [0, 0.05) is 5.57 Å². The number of hydrogen-bond acceptors (Lipinski definition) is 1. The van der Waals surface area contributed by atoms with Gasteiger partial charge < -0.3 is 0 Å². The normalized spacial score (nSPS) is 28.4. The fourth-order valence-electron chi connectivity index (χ4n) is 1.75. The molecule has 0 spiro atoms. The highest BCUT2D eigenvalue weighted by molar-refractivity contribution is 5.32. The summed E-state index contributed by atoms with van der Waals surface area (Å²) in [6, 6.07) is 2.25. The molecule has 1 aliphatic carbocycles. The van der Waals surface area contributed by atoms with E-state index in [4.69, 9.17) is 5.26 Å². The van der Waals surface area contributed by atoms with Crippen LogP contribution in [0.5, 0.6) is 0 Å². The smallest absolute Gasteiger partial charge is 0.0950 e. The lowest BCUT2D eigenvalue weighted by molar-refractivity contribution is 0.373. The van der Waals surface area contributed by atoms with Crippen LogP contribution in [0.4, 0.5) is 0 Å².